The summed E-state index contributed by atoms with van der Waals surface area (Å²) < 4.78 is 38.0. The number of hydrogen-bond donors (Lipinski definition) is 1. The predicted octanol–water partition coefficient (Wildman–Crippen LogP) is 5.28. The van der Waals surface area contributed by atoms with E-state index in [9.17, 15) is 13.2 Å². The Labute approximate surface area is 129 Å². The third-order valence-corrected chi connectivity index (χ3v) is 4.33. The van der Waals surface area contributed by atoms with Crippen molar-refractivity contribution in [3.05, 3.63) is 35.4 Å². The summed E-state index contributed by atoms with van der Waals surface area (Å²) in [5.41, 5.74) is 0.317. The zero-order chi connectivity index (χ0) is 16.1. The van der Waals surface area contributed by atoms with Gasteiger partial charge in [0.2, 0.25) is 0 Å². The van der Waals surface area contributed by atoms with Crippen LogP contribution in [0.2, 0.25) is 0 Å². The summed E-state index contributed by atoms with van der Waals surface area (Å²) in [4.78, 5) is 0. The molecule has 1 nitrogen and oxygen atoms in total. The number of halogens is 3. The van der Waals surface area contributed by atoms with Crippen molar-refractivity contribution in [1.29, 1.82) is 0 Å². The molecule has 0 fully saturated rings. The van der Waals surface area contributed by atoms with Gasteiger partial charge in [0, 0.05) is 16.5 Å². The second kappa shape index (κ2) is 7.54. The van der Waals surface area contributed by atoms with Crippen LogP contribution in [0, 0.1) is 0 Å². The fourth-order valence-corrected chi connectivity index (χ4v) is 2.81. The van der Waals surface area contributed by atoms with Crippen molar-refractivity contribution in [1.82, 2.24) is 5.32 Å². The van der Waals surface area contributed by atoms with Gasteiger partial charge in [0.15, 0.2) is 0 Å². The smallest absolute Gasteiger partial charge is 0.309 e. The first-order chi connectivity index (χ1) is 9.63. The van der Waals surface area contributed by atoms with E-state index < -0.39 is 11.7 Å². The summed E-state index contributed by atoms with van der Waals surface area (Å²) in [6.07, 6.45) is -3.28. The summed E-state index contributed by atoms with van der Waals surface area (Å²) >= 11 is 1.81. The second-order valence-electron chi connectivity index (χ2n) is 6.05. The number of alkyl halides is 3. The van der Waals surface area contributed by atoms with Crippen molar-refractivity contribution in [2.75, 3.05) is 12.3 Å². The summed E-state index contributed by atoms with van der Waals surface area (Å²) in [6.45, 7) is 9.36. The van der Waals surface area contributed by atoms with Gasteiger partial charge < -0.3 is 5.32 Å². The molecule has 1 atom stereocenters. The molecule has 0 aromatic heterocycles. The Hall–Kier alpha value is -0.680. The van der Waals surface area contributed by atoms with Gasteiger partial charge in [0.05, 0.1) is 5.56 Å². The molecule has 0 saturated heterocycles. The van der Waals surface area contributed by atoms with Crippen LogP contribution in [-0.4, -0.2) is 17.0 Å². The zero-order valence-electron chi connectivity index (χ0n) is 13.1. The van der Waals surface area contributed by atoms with Crippen molar-refractivity contribution in [3.8, 4) is 0 Å². The van der Waals surface area contributed by atoms with Crippen LogP contribution < -0.4 is 5.32 Å². The molecule has 0 bridgehead atoms. The number of hydrogen-bond acceptors (Lipinski definition) is 2. The molecule has 1 aromatic rings. The maximum atomic E-state index is 12.6. The Morgan fingerprint density at radius 2 is 1.67 bits per heavy atom. The first kappa shape index (κ1) is 18.4. The minimum absolute atomic E-state index is 0.0801. The zero-order valence-corrected chi connectivity index (χ0v) is 13.9. The van der Waals surface area contributed by atoms with E-state index in [2.05, 4.69) is 33.0 Å². The van der Waals surface area contributed by atoms with Gasteiger partial charge in [-0.2, -0.15) is 24.9 Å². The van der Waals surface area contributed by atoms with Crippen molar-refractivity contribution < 1.29 is 13.2 Å². The first-order valence-electron chi connectivity index (χ1n) is 7.18. The molecule has 21 heavy (non-hydrogen) atoms. The largest absolute Gasteiger partial charge is 0.416 e. The van der Waals surface area contributed by atoms with Crippen LogP contribution >= 0.6 is 11.8 Å². The van der Waals surface area contributed by atoms with Crippen molar-refractivity contribution in [2.45, 2.75) is 51.1 Å². The predicted molar refractivity (Wildman–Crippen MR) is 84.7 cm³/mol. The molecule has 0 aliphatic rings. The highest BCUT2D eigenvalue weighted by Gasteiger charge is 2.30. The molecule has 1 unspecified atom stereocenters. The van der Waals surface area contributed by atoms with Crippen molar-refractivity contribution in [2.24, 2.45) is 0 Å². The van der Waals surface area contributed by atoms with Crippen LogP contribution in [0.4, 0.5) is 13.2 Å². The van der Waals surface area contributed by atoms with E-state index in [1.165, 1.54) is 0 Å². The normalized spacial score (nSPS) is 14.2. The van der Waals surface area contributed by atoms with E-state index in [0.717, 1.165) is 36.4 Å². The average Bonchev–Trinajstić information content (AvgIpc) is 2.37. The van der Waals surface area contributed by atoms with E-state index in [1.54, 1.807) is 12.1 Å². The highest BCUT2D eigenvalue weighted by Crippen LogP contribution is 2.32. The number of rotatable bonds is 6. The third-order valence-electron chi connectivity index (χ3n) is 2.96. The Balaban J connectivity index is 2.82. The molecular weight excluding hydrogens is 295 g/mol. The quantitative estimate of drug-likeness (QED) is 0.766. The SMILES string of the molecule is CCCNC(CSC(C)(C)C)c1ccc(C(F)(F)F)cc1. The topological polar surface area (TPSA) is 12.0 Å². The lowest BCUT2D eigenvalue weighted by Gasteiger charge is -2.24. The first-order valence-corrected chi connectivity index (χ1v) is 8.16. The summed E-state index contributed by atoms with van der Waals surface area (Å²) in [5.74, 6) is 0.842. The molecule has 5 heteroatoms. The highest BCUT2D eigenvalue weighted by atomic mass is 32.2. The summed E-state index contributed by atoms with van der Waals surface area (Å²) in [5, 5.41) is 3.41. The summed E-state index contributed by atoms with van der Waals surface area (Å²) in [6, 6.07) is 5.57. The van der Waals surface area contributed by atoms with Gasteiger partial charge in [-0.25, -0.2) is 0 Å². The molecule has 0 heterocycles. The molecule has 1 aromatic carbocycles. The van der Waals surface area contributed by atoms with Crippen LogP contribution in [0.15, 0.2) is 24.3 Å². The lowest BCUT2D eigenvalue weighted by atomic mass is 10.1. The van der Waals surface area contributed by atoms with Crippen molar-refractivity contribution >= 4 is 11.8 Å². The van der Waals surface area contributed by atoms with E-state index >= 15 is 0 Å². The average molecular weight is 319 g/mol. The van der Waals surface area contributed by atoms with Gasteiger partial charge in [0.25, 0.3) is 0 Å². The Morgan fingerprint density at radius 3 is 2.10 bits per heavy atom. The maximum Gasteiger partial charge on any atom is 0.416 e. The molecule has 0 aliphatic heterocycles. The van der Waals surface area contributed by atoms with Gasteiger partial charge in [-0.05, 0) is 30.7 Å². The van der Waals surface area contributed by atoms with Crippen LogP contribution in [-0.2, 0) is 6.18 Å². The van der Waals surface area contributed by atoms with Crippen molar-refractivity contribution in [3.63, 3.8) is 0 Å². The van der Waals surface area contributed by atoms with Gasteiger partial charge in [0.1, 0.15) is 0 Å². The highest BCUT2D eigenvalue weighted by molar-refractivity contribution is 8.00. The molecule has 1 rings (SSSR count). The molecule has 0 spiro atoms. The van der Waals surface area contributed by atoms with E-state index in [-0.39, 0.29) is 10.8 Å². The number of thioether (sulfide) groups is 1. The van der Waals surface area contributed by atoms with E-state index in [4.69, 9.17) is 0 Å². The lowest BCUT2D eigenvalue weighted by Crippen LogP contribution is -2.26. The molecular formula is C16H24F3NS. The number of benzene rings is 1. The van der Waals surface area contributed by atoms with Crippen LogP contribution in [0.25, 0.3) is 0 Å². The Bertz CT molecular complexity index is 421. The van der Waals surface area contributed by atoms with Crippen LogP contribution in [0.3, 0.4) is 0 Å². The molecule has 0 radical (unpaired) electrons. The van der Waals surface area contributed by atoms with Gasteiger partial charge >= 0.3 is 6.18 Å². The lowest BCUT2D eigenvalue weighted by molar-refractivity contribution is -0.137. The molecule has 0 saturated carbocycles. The van der Waals surface area contributed by atoms with Gasteiger partial charge in [-0.1, -0.05) is 39.8 Å². The molecule has 120 valence electrons. The van der Waals surface area contributed by atoms with Crippen LogP contribution in [0.1, 0.15) is 51.3 Å². The second-order valence-corrected chi connectivity index (χ2v) is 7.90. The van der Waals surface area contributed by atoms with Crippen LogP contribution in [0.5, 0.6) is 0 Å². The van der Waals surface area contributed by atoms with Gasteiger partial charge in [-0.15, -0.1) is 0 Å². The number of nitrogens with one attached hydrogen (secondary N) is 1. The minimum atomic E-state index is -4.27. The monoisotopic (exact) mass is 319 g/mol. The Kier molecular flexibility index (Phi) is 6.60. The van der Waals surface area contributed by atoms with E-state index in [0.29, 0.717) is 0 Å². The molecule has 1 N–H and O–H groups in total. The Morgan fingerprint density at radius 1 is 1.10 bits per heavy atom. The van der Waals surface area contributed by atoms with Gasteiger partial charge in [-0.3, -0.25) is 0 Å². The molecule has 0 aliphatic carbocycles. The third kappa shape index (κ3) is 6.74. The fraction of sp³-hybridized carbons (Fsp3) is 0.625. The fourth-order valence-electron chi connectivity index (χ4n) is 1.83. The standard InChI is InChI=1S/C16H24F3NS/c1-5-10-20-14(11-21-15(2,3)4)12-6-8-13(9-7-12)16(17,18)19/h6-9,14,20H,5,10-11H2,1-4H3. The summed E-state index contributed by atoms with van der Waals surface area (Å²) in [7, 11) is 0. The molecule has 0 amide bonds. The minimum Gasteiger partial charge on any atom is -0.309 e. The van der Waals surface area contributed by atoms with E-state index in [1.807, 2.05) is 11.8 Å². The maximum absolute atomic E-state index is 12.6.